The molecule has 2 rings (SSSR count). The summed E-state index contributed by atoms with van der Waals surface area (Å²) in [5.74, 6) is 0. The van der Waals surface area contributed by atoms with Crippen LogP contribution in [0, 0.1) is 6.20 Å². The zero-order valence-electron chi connectivity index (χ0n) is 5.50. The van der Waals surface area contributed by atoms with Crippen molar-refractivity contribution in [1.82, 2.24) is 10.2 Å². The van der Waals surface area contributed by atoms with Crippen LogP contribution in [0.15, 0.2) is 6.20 Å². The molecule has 0 bridgehead atoms. The van der Waals surface area contributed by atoms with Crippen molar-refractivity contribution in [1.29, 1.82) is 0 Å². The smallest absolute Gasteiger partial charge is 0.117 e. The van der Waals surface area contributed by atoms with E-state index < -0.39 is 0 Å². The lowest BCUT2D eigenvalue weighted by molar-refractivity contribution is 0.110. The Morgan fingerprint density at radius 2 is 2.60 bits per heavy atom. The van der Waals surface area contributed by atoms with Gasteiger partial charge in [0.15, 0.2) is 0 Å². The lowest BCUT2D eigenvalue weighted by atomic mass is 10.1. The van der Waals surface area contributed by atoms with Crippen LogP contribution < -0.4 is 0 Å². The van der Waals surface area contributed by atoms with Gasteiger partial charge in [-0.3, -0.25) is 0 Å². The van der Waals surface area contributed by atoms with Crippen molar-refractivity contribution in [2.24, 2.45) is 0 Å². The van der Waals surface area contributed by atoms with Crippen LogP contribution in [0.1, 0.15) is 11.1 Å². The zero-order chi connectivity index (χ0) is 6.81. The number of rotatable bonds is 0. The predicted octanol–water partition coefficient (Wildman–Crippen LogP) is 0.349. The van der Waals surface area contributed by atoms with Crippen molar-refractivity contribution in [3.05, 3.63) is 23.5 Å². The molecule has 1 radical (unpaired) electrons. The number of ether oxygens (including phenoxy) is 1. The van der Waals surface area contributed by atoms with Crippen molar-refractivity contribution >= 4 is 0 Å². The highest BCUT2D eigenvalue weighted by Crippen LogP contribution is 2.12. The standard InChI is InChI=1S/C7H7N2O/c1-2-10-5-7-4-9-8-3-6(1)7/h4H,1-2,5H2. The van der Waals surface area contributed by atoms with Crippen LogP contribution in [0.2, 0.25) is 0 Å². The molecule has 0 fully saturated rings. The Hall–Kier alpha value is -0.960. The van der Waals surface area contributed by atoms with E-state index in [4.69, 9.17) is 4.74 Å². The Labute approximate surface area is 59.0 Å². The van der Waals surface area contributed by atoms with Gasteiger partial charge in [-0.25, -0.2) is 0 Å². The fourth-order valence-electron chi connectivity index (χ4n) is 1.03. The van der Waals surface area contributed by atoms with Crippen molar-refractivity contribution in [2.45, 2.75) is 13.0 Å². The molecule has 3 nitrogen and oxygen atoms in total. The molecule has 1 aliphatic heterocycles. The minimum atomic E-state index is 0.668. The quantitative estimate of drug-likeness (QED) is 0.515. The van der Waals surface area contributed by atoms with Crippen LogP contribution in [0.3, 0.4) is 0 Å². The fraction of sp³-hybridized carbons (Fsp3) is 0.429. The Balaban J connectivity index is 2.41. The average Bonchev–Trinajstić information content (AvgIpc) is 2.05. The number of hydrogen-bond donors (Lipinski definition) is 0. The first-order valence-electron chi connectivity index (χ1n) is 3.25. The van der Waals surface area contributed by atoms with Gasteiger partial charge in [-0.15, -0.1) is 5.10 Å². The maximum Gasteiger partial charge on any atom is 0.117 e. The van der Waals surface area contributed by atoms with E-state index >= 15 is 0 Å². The van der Waals surface area contributed by atoms with E-state index in [-0.39, 0.29) is 0 Å². The summed E-state index contributed by atoms with van der Waals surface area (Å²) in [5, 5.41) is 7.38. The summed E-state index contributed by atoms with van der Waals surface area (Å²) in [5.41, 5.74) is 2.28. The van der Waals surface area contributed by atoms with Crippen molar-refractivity contribution in [3.8, 4) is 0 Å². The van der Waals surface area contributed by atoms with Crippen molar-refractivity contribution in [2.75, 3.05) is 6.61 Å². The summed E-state index contributed by atoms with van der Waals surface area (Å²) in [6, 6.07) is 0. The third-order valence-electron chi connectivity index (χ3n) is 1.60. The summed E-state index contributed by atoms with van der Waals surface area (Å²) >= 11 is 0. The van der Waals surface area contributed by atoms with Crippen LogP contribution in [-0.4, -0.2) is 16.8 Å². The molecule has 1 aliphatic rings. The summed E-state index contributed by atoms with van der Waals surface area (Å²) in [4.78, 5) is 0. The van der Waals surface area contributed by atoms with Crippen LogP contribution >= 0.6 is 0 Å². The van der Waals surface area contributed by atoms with E-state index in [0.29, 0.717) is 6.61 Å². The minimum Gasteiger partial charge on any atom is -0.376 e. The molecular weight excluding hydrogens is 128 g/mol. The highest BCUT2D eigenvalue weighted by atomic mass is 16.5. The number of nitrogens with zero attached hydrogens (tertiary/aromatic N) is 2. The van der Waals surface area contributed by atoms with Gasteiger partial charge in [-0.1, -0.05) is 0 Å². The van der Waals surface area contributed by atoms with Crippen LogP contribution in [0.4, 0.5) is 0 Å². The molecular formula is C7H7N2O. The molecule has 0 unspecified atom stereocenters. The Morgan fingerprint density at radius 3 is 3.50 bits per heavy atom. The van der Waals surface area contributed by atoms with Gasteiger partial charge in [-0.2, -0.15) is 5.10 Å². The molecule has 51 valence electrons. The maximum atomic E-state index is 5.21. The summed E-state index contributed by atoms with van der Waals surface area (Å²) in [6.07, 6.45) is 5.51. The molecule has 3 heteroatoms. The van der Waals surface area contributed by atoms with Gasteiger partial charge in [0, 0.05) is 5.56 Å². The highest BCUT2D eigenvalue weighted by Gasteiger charge is 2.08. The van der Waals surface area contributed by atoms with Crippen molar-refractivity contribution < 1.29 is 4.74 Å². The Bertz CT molecular complexity index is 212. The molecule has 0 amide bonds. The summed E-state index contributed by atoms with van der Waals surface area (Å²) in [7, 11) is 0. The normalized spacial score (nSPS) is 16.4. The molecule has 0 saturated carbocycles. The third-order valence-corrected chi connectivity index (χ3v) is 1.60. The number of fused-ring (bicyclic) bond motifs is 1. The first-order chi connectivity index (χ1) is 4.97. The van der Waals surface area contributed by atoms with Gasteiger partial charge in [0.05, 0.1) is 19.4 Å². The van der Waals surface area contributed by atoms with E-state index in [0.717, 1.165) is 24.2 Å². The van der Waals surface area contributed by atoms with Crippen LogP contribution in [-0.2, 0) is 17.8 Å². The minimum absolute atomic E-state index is 0.668. The molecule has 0 aliphatic carbocycles. The van der Waals surface area contributed by atoms with Gasteiger partial charge in [0.2, 0.25) is 0 Å². The maximum absolute atomic E-state index is 5.21. The van der Waals surface area contributed by atoms with E-state index in [1.54, 1.807) is 6.20 Å². The molecule has 0 aromatic carbocycles. The summed E-state index contributed by atoms with van der Waals surface area (Å²) < 4.78 is 5.21. The second kappa shape index (κ2) is 2.34. The first kappa shape index (κ1) is 5.80. The van der Waals surface area contributed by atoms with E-state index in [2.05, 4.69) is 16.4 Å². The summed E-state index contributed by atoms with van der Waals surface area (Å²) in [6.45, 7) is 1.45. The van der Waals surface area contributed by atoms with Gasteiger partial charge >= 0.3 is 0 Å². The topological polar surface area (TPSA) is 35.0 Å². The number of hydrogen-bond acceptors (Lipinski definition) is 3. The molecule has 0 atom stereocenters. The van der Waals surface area contributed by atoms with Gasteiger partial charge in [0.25, 0.3) is 0 Å². The molecule has 10 heavy (non-hydrogen) atoms. The number of aromatic nitrogens is 2. The second-order valence-corrected chi connectivity index (χ2v) is 2.26. The van der Waals surface area contributed by atoms with Gasteiger partial charge < -0.3 is 4.74 Å². The molecule has 1 aromatic heterocycles. The lowest BCUT2D eigenvalue weighted by Gasteiger charge is -2.13. The lowest BCUT2D eigenvalue weighted by Crippen LogP contribution is -2.10. The molecule has 0 N–H and O–H groups in total. The molecule has 0 saturated heterocycles. The highest BCUT2D eigenvalue weighted by molar-refractivity contribution is 5.20. The van der Waals surface area contributed by atoms with E-state index in [9.17, 15) is 0 Å². The van der Waals surface area contributed by atoms with Gasteiger partial charge in [0.1, 0.15) is 6.20 Å². The van der Waals surface area contributed by atoms with Crippen LogP contribution in [0.25, 0.3) is 0 Å². The second-order valence-electron chi connectivity index (χ2n) is 2.26. The van der Waals surface area contributed by atoms with E-state index in [1.165, 1.54) is 0 Å². The monoisotopic (exact) mass is 135 g/mol. The SMILES string of the molecule is [c]1nncc2c1CCOC2. The molecule has 0 spiro atoms. The van der Waals surface area contributed by atoms with Crippen LogP contribution in [0.5, 0.6) is 0 Å². The molecule has 2 heterocycles. The predicted molar refractivity (Wildman–Crippen MR) is 34.2 cm³/mol. The Kier molecular flexibility index (Phi) is 1.36. The first-order valence-corrected chi connectivity index (χ1v) is 3.25. The fourth-order valence-corrected chi connectivity index (χ4v) is 1.03. The average molecular weight is 135 g/mol. The largest absolute Gasteiger partial charge is 0.376 e. The van der Waals surface area contributed by atoms with Crippen molar-refractivity contribution in [3.63, 3.8) is 0 Å². The third kappa shape index (κ3) is 0.885. The van der Waals surface area contributed by atoms with E-state index in [1.807, 2.05) is 0 Å². The zero-order valence-corrected chi connectivity index (χ0v) is 5.50. The van der Waals surface area contributed by atoms with Gasteiger partial charge in [-0.05, 0) is 12.0 Å². The molecule has 1 aromatic rings. The Morgan fingerprint density at radius 1 is 1.60 bits per heavy atom.